The zero-order valence-corrected chi connectivity index (χ0v) is 7.07. The Morgan fingerprint density at radius 3 is 3.00 bits per heavy atom. The summed E-state index contributed by atoms with van der Waals surface area (Å²) in [4.78, 5) is 24.5. The van der Waals surface area contributed by atoms with Crippen molar-refractivity contribution in [3.8, 4) is 0 Å². The number of aromatic nitrogens is 2. The zero-order chi connectivity index (χ0) is 9.42. The predicted octanol–water partition coefficient (Wildman–Crippen LogP) is 0.925. The van der Waals surface area contributed by atoms with Crippen molar-refractivity contribution in [3.63, 3.8) is 0 Å². The lowest BCUT2D eigenvalue weighted by atomic mass is 10.2. The number of carbonyl (C=O) groups excluding carboxylic acids is 1. The van der Waals surface area contributed by atoms with Gasteiger partial charge in [-0.05, 0) is 12.1 Å². The van der Waals surface area contributed by atoms with E-state index in [1.165, 1.54) is 4.57 Å². The van der Waals surface area contributed by atoms with Gasteiger partial charge < -0.3 is 4.98 Å². The number of hydrogen-bond acceptors (Lipinski definition) is 2. The lowest BCUT2D eigenvalue weighted by molar-refractivity contribution is 0.112. The second-order valence-corrected chi connectivity index (χ2v) is 2.85. The lowest BCUT2D eigenvalue weighted by Crippen LogP contribution is -2.12. The largest absolute Gasteiger partial charge is 0.326 e. The lowest BCUT2D eigenvalue weighted by Gasteiger charge is -1.95. The van der Waals surface area contributed by atoms with Crippen LogP contribution in [0.25, 0.3) is 11.0 Å². The van der Waals surface area contributed by atoms with E-state index in [2.05, 4.69) is 4.98 Å². The number of H-pyrrole nitrogens is 1. The maximum atomic E-state index is 11.2. The normalized spacial score (nSPS) is 10.5. The highest BCUT2D eigenvalue weighted by molar-refractivity contribution is 5.94. The van der Waals surface area contributed by atoms with Crippen molar-refractivity contribution in [1.82, 2.24) is 9.55 Å². The topological polar surface area (TPSA) is 54.9 Å². The van der Waals surface area contributed by atoms with Crippen LogP contribution in [0, 0.1) is 0 Å². The maximum Gasteiger partial charge on any atom is 0.326 e. The van der Waals surface area contributed by atoms with Crippen LogP contribution in [-0.2, 0) is 7.05 Å². The Balaban J connectivity index is 0.000000980. The van der Waals surface area contributed by atoms with Gasteiger partial charge in [-0.25, -0.2) is 4.79 Å². The van der Waals surface area contributed by atoms with E-state index in [-0.39, 0.29) is 7.12 Å². The molecule has 0 amide bonds. The molecule has 0 atom stereocenters. The maximum absolute atomic E-state index is 11.2. The van der Waals surface area contributed by atoms with Crippen molar-refractivity contribution < 1.29 is 6.22 Å². The fourth-order valence-corrected chi connectivity index (χ4v) is 1.43. The van der Waals surface area contributed by atoms with Crippen LogP contribution in [0.15, 0.2) is 23.0 Å². The van der Waals surface area contributed by atoms with E-state index in [4.69, 9.17) is 0 Å². The van der Waals surface area contributed by atoms with Crippen LogP contribution >= 0.6 is 0 Å². The van der Waals surface area contributed by atoms with Crippen molar-refractivity contribution in [2.75, 3.05) is 0 Å². The van der Waals surface area contributed by atoms with Gasteiger partial charge in [0.2, 0.25) is 0 Å². The standard InChI is InChI=1S/C9H8N2O2.H2/c1-11-8-6(5-12)3-2-4-7(8)10-9(11)13;/h2-5H,1H3,(H,10,13);1H. The quantitative estimate of drug-likeness (QED) is 0.660. The zero-order valence-electron chi connectivity index (χ0n) is 7.07. The van der Waals surface area contributed by atoms with Gasteiger partial charge in [0.05, 0.1) is 11.0 Å². The van der Waals surface area contributed by atoms with E-state index < -0.39 is 0 Å². The minimum Gasteiger partial charge on any atom is -0.306 e. The van der Waals surface area contributed by atoms with Crippen LogP contribution in [0.4, 0.5) is 0 Å². The van der Waals surface area contributed by atoms with Crippen LogP contribution < -0.4 is 5.69 Å². The third kappa shape index (κ3) is 0.989. The Bertz CT molecular complexity index is 527. The number of aryl methyl sites for hydroxylation is 1. The molecule has 1 aromatic carbocycles. The minimum absolute atomic E-state index is 0. The molecule has 0 aliphatic rings. The molecule has 1 heterocycles. The first-order valence-corrected chi connectivity index (χ1v) is 3.87. The van der Waals surface area contributed by atoms with E-state index in [0.29, 0.717) is 16.6 Å². The summed E-state index contributed by atoms with van der Waals surface area (Å²) in [5.74, 6) is 0. The van der Waals surface area contributed by atoms with E-state index in [1.54, 1.807) is 25.2 Å². The summed E-state index contributed by atoms with van der Waals surface area (Å²) in [6.45, 7) is 0. The van der Waals surface area contributed by atoms with E-state index >= 15 is 0 Å². The van der Waals surface area contributed by atoms with E-state index in [9.17, 15) is 9.59 Å². The number of fused-ring (bicyclic) bond motifs is 1. The molecular formula is C9H10N2O2. The van der Waals surface area contributed by atoms with E-state index in [1.807, 2.05) is 0 Å². The van der Waals surface area contributed by atoms with Gasteiger partial charge in [0.25, 0.3) is 0 Å². The molecule has 0 bridgehead atoms. The molecule has 0 saturated heterocycles. The van der Waals surface area contributed by atoms with Crippen LogP contribution in [0.3, 0.4) is 0 Å². The number of nitrogens with one attached hydrogen (secondary N) is 1. The van der Waals surface area contributed by atoms with Crippen LogP contribution in [0.1, 0.15) is 11.8 Å². The van der Waals surface area contributed by atoms with Crippen LogP contribution in [-0.4, -0.2) is 15.8 Å². The number of aromatic amines is 1. The molecule has 0 unspecified atom stereocenters. The number of nitrogens with zero attached hydrogens (tertiary/aromatic N) is 1. The monoisotopic (exact) mass is 178 g/mol. The summed E-state index contributed by atoms with van der Waals surface area (Å²) < 4.78 is 1.43. The molecule has 0 fully saturated rings. The number of hydrogen-bond donors (Lipinski definition) is 1. The van der Waals surface area contributed by atoms with Crippen LogP contribution in [0.5, 0.6) is 0 Å². The number of rotatable bonds is 1. The third-order valence-corrected chi connectivity index (χ3v) is 2.08. The summed E-state index contributed by atoms with van der Waals surface area (Å²) in [5, 5.41) is 0. The molecule has 0 saturated carbocycles. The molecule has 68 valence electrons. The van der Waals surface area contributed by atoms with Crippen molar-refractivity contribution >= 4 is 17.3 Å². The molecule has 13 heavy (non-hydrogen) atoms. The van der Waals surface area contributed by atoms with Crippen LogP contribution in [0.2, 0.25) is 0 Å². The highest BCUT2D eigenvalue weighted by Crippen LogP contribution is 2.12. The average molecular weight is 178 g/mol. The first-order chi connectivity index (χ1) is 6.24. The number of aldehydes is 1. The van der Waals surface area contributed by atoms with Gasteiger partial charge in [0, 0.05) is 14.0 Å². The first-order valence-electron chi connectivity index (χ1n) is 3.87. The summed E-state index contributed by atoms with van der Waals surface area (Å²) >= 11 is 0. The molecule has 2 aromatic rings. The third-order valence-electron chi connectivity index (χ3n) is 2.08. The Hall–Kier alpha value is -1.84. The summed E-state index contributed by atoms with van der Waals surface area (Å²) in [5.41, 5.74) is 1.67. The SMILES string of the molecule is Cn1c(=O)[nH]c2cccc(C=O)c21.[HH]. The highest BCUT2D eigenvalue weighted by atomic mass is 16.1. The molecule has 0 aliphatic carbocycles. The number of para-hydroxylation sites is 1. The highest BCUT2D eigenvalue weighted by Gasteiger charge is 2.06. The summed E-state index contributed by atoms with van der Waals surface area (Å²) in [7, 11) is 1.63. The van der Waals surface area contributed by atoms with Gasteiger partial charge in [0.1, 0.15) is 0 Å². The van der Waals surface area contributed by atoms with Crippen molar-refractivity contribution in [2.45, 2.75) is 0 Å². The molecule has 2 rings (SSSR count). The van der Waals surface area contributed by atoms with Gasteiger partial charge in [-0.3, -0.25) is 9.36 Å². The second kappa shape index (κ2) is 2.58. The Kier molecular flexibility index (Phi) is 1.55. The predicted molar refractivity (Wildman–Crippen MR) is 51.0 cm³/mol. The summed E-state index contributed by atoms with van der Waals surface area (Å²) in [6.07, 6.45) is 0.746. The molecule has 1 aromatic heterocycles. The minimum atomic E-state index is -0.204. The van der Waals surface area contributed by atoms with Crippen molar-refractivity contribution in [2.24, 2.45) is 7.05 Å². The van der Waals surface area contributed by atoms with Gasteiger partial charge >= 0.3 is 5.69 Å². The van der Waals surface area contributed by atoms with Crippen molar-refractivity contribution in [1.29, 1.82) is 0 Å². The van der Waals surface area contributed by atoms with Gasteiger partial charge in [0.15, 0.2) is 6.29 Å². The molecule has 4 heteroatoms. The molecule has 0 aliphatic heterocycles. The number of imidazole rings is 1. The fraction of sp³-hybridized carbons (Fsp3) is 0.111. The number of carbonyl (C=O) groups is 1. The Morgan fingerprint density at radius 2 is 2.31 bits per heavy atom. The summed E-state index contributed by atoms with van der Waals surface area (Å²) in [6, 6.07) is 5.19. The Labute approximate surface area is 75.3 Å². The van der Waals surface area contributed by atoms with Gasteiger partial charge in [-0.1, -0.05) is 6.07 Å². The first kappa shape index (κ1) is 7.79. The van der Waals surface area contributed by atoms with E-state index in [0.717, 1.165) is 6.29 Å². The second-order valence-electron chi connectivity index (χ2n) is 2.85. The Morgan fingerprint density at radius 1 is 1.54 bits per heavy atom. The smallest absolute Gasteiger partial charge is 0.306 e. The fourth-order valence-electron chi connectivity index (χ4n) is 1.43. The molecule has 0 radical (unpaired) electrons. The number of benzene rings is 1. The van der Waals surface area contributed by atoms with Gasteiger partial charge in [-0.2, -0.15) is 0 Å². The molecular weight excluding hydrogens is 168 g/mol. The average Bonchev–Trinajstić information content (AvgIpc) is 2.43. The molecule has 1 N–H and O–H groups in total. The van der Waals surface area contributed by atoms with Gasteiger partial charge in [-0.15, -0.1) is 0 Å². The van der Waals surface area contributed by atoms with Crippen molar-refractivity contribution in [3.05, 3.63) is 34.2 Å². The molecule has 4 nitrogen and oxygen atoms in total. The molecule has 0 spiro atoms.